The third-order valence-electron chi connectivity index (χ3n) is 2.71. The van der Waals surface area contributed by atoms with Crippen LogP contribution in [0.5, 0.6) is 0 Å². The van der Waals surface area contributed by atoms with Gasteiger partial charge in [0, 0.05) is 26.2 Å². The van der Waals surface area contributed by atoms with Gasteiger partial charge in [-0.05, 0) is 0 Å². The molecule has 2 aromatic carbocycles. The van der Waals surface area contributed by atoms with Crippen molar-refractivity contribution >= 4 is 10.8 Å². The standard InChI is InChI=1S/C10H9.C4H11NO3.Zr/c1-8-6-9-4-2-3-5-10(9)7-8;5-4(1-6,2-7)3-8;/h2-7H,1H3;6-8H,1-3,5H2;/q-1;;. The molecule has 19 heavy (non-hydrogen) atoms. The molecule has 0 aliphatic carbocycles. The predicted molar refractivity (Wildman–Crippen MR) is 72.5 cm³/mol. The summed E-state index contributed by atoms with van der Waals surface area (Å²) in [6.45, 7) is 0.917. The molecule has 0 aliphatic heterocycles. The van der Waals surface area contributed by atoms with Crippen LogP contribution < -0.4 is 5.73 Å². The zero-order chi connectivity index (χ0) is 13.6. The van der Waals surface area contributed by atoms with Crippen LogP contribution in [0.1, 0.15) is 5.56 Å². The first-order valence-corrected chi connectivity index (χ1v) is 5.78. The van der Waals surface area contributed by atoms with Crippen molar-refractivity contribution in [1.82, 2.24) is 0 Å². The first-order valence-electron chi connectivity index (χ1n) is 5.78. The molecule has 0 fully saturated rings. The minimum absolute atomic E-state index is 0. The summed E-state index contributed by atoms with van der Waals surface area (Å²) in [5.74, 6) is 0. The Morgan fingerprint density at radius 2 is 1.63 bits per heavy atom. The smallest absolute Gasteiger partial charge is 0.0856 e. The predicted octanol–water partition coefficient (Wildman–Crippen LogP) is 0.525. The average molecular weight is 342 g/mol. The van der Waals surface area contributed by atoms with Crippen molar-refractivity contribution in [3.05, 3.63) is 42.0 Å². The number of nitrogens with two attached hydrogens (primary N) is 1. The van der Waals surface area contributed by atoms with Gasteiger partial charge in [-0.2, -0.15) is 6.07 Å². The van der Waals surface area contributed by atoms with Crippen LogP contribution in [0, 0.1) is 6.92 Å². The molecule has 5 heteroatoms. The summed E-state index contributed by atoms with van der Waals surface area (Å²) in [5, 5.41) is 27.7. The molecule has 0 atom stereocenters. The minimum Gasteiger partial charge on any atom is -0.394 e. The first kappa shape index (κ1) is 18.6. The fourth-order valence-electron chi connectivity index (χ4n) is 1.46. The minimum atomic E-state index is -1.21. The molecule has 0 aromatic heterocycles. The molecule has 0 spiro atoms. The van der Waals surface area contributed by atoms with Gasteiger partial charge in [-0.1, -0.05) is 13.0 Å². The number of benzene rings is 1. The van der Waals surface area contributed by atoms with E-state index in [0.29, 0.717) is 0 Å². The fourth-order valence-corrected chi connectivity index (χ4v) is 1.46. The number of fused-ring (bicyclic) bond motifs is 1. The zero-order valence-corrected chi connectivity index (χ0v) is 13.5. The normalized spacial score (nSPS) is 10.6. The molecule has 2 rings (SSSR count). The van der Waals surface area contributed by atoms with Crippen LogP contribution in [-0.2, 0) is 26.2 Å². The molecule has 0 bridgehead atoms. The van der Waals surface area contributed by atoms with Gasteiger partial charge in [0.05, 0.1) is 25.4 Å². The number of aliphatic hydroxyl groups excluding tert-OH is 3. The van der Waals surface area contributed by atoms with E-state index in [1.165, 1.54) is 16.3 Å². The molecule has 0 heterocycles. The van der Waals surface area contributed by atoms with E-state index >= 15 is 0 Å². The number of rotatable bonds is 3. The Hall–Kier alpha value is -0.447. The quantitative estimate of drug-likeness (QED) is 0.613. The topological polar surface area (TPSA) is 86.7 Å². The molecule has 5 N–H and O–H groups in total. The maximum atomic E-state index is 8.34. The van der Waals surface area contributed by atoms with E-state index in [-0.39, 0.29) is 26.2 Å². The van der Waals surface area contributed by atoms with Crippen LogP contribution in [0.15, 0.2) is 36.4 Å². The molecule has 0 saturated heterocycles. The maximum Gasteiger partial charge on any atom is 0.0856 e. The summed E-state index contributed by atoms with van der Waals surface area (Å²) >= 11 is 0. The molecular weight excluding hydrogens is 321 g/mol. The third-order valence-corrected chi connectivity index (χ3v) is 2.71. The van der Waals surface area contributed by atoms with Crippen molar-refractivity contribution in [2.24, 2.45) is 5.73 Å². The van der Waals surface area contributed by atoms with Gasteiger partial charge in [0.1, 0.15) is 0 Å². The van der Waals surface area contributed by atoms with Gasteiger partial charge in [0.2, 0.25) is 0 Å². The van der Waals surface area contributed by atoms with E-state index in [1.807, 2.05) is 0 Å². The molecule has 0 saturated carbocycles. The second-order valence-corrected chi connectivity index (χ2v) is 4.50. The summed E-state index contributed by atoms with van der Waals surface area (Å²) in [4.78, 5) is 0. The molecule has 0 amide bonds. The van der Waals surface area contributed by atoms with Crippen LogP contribution in [0.2, 0.25) is 0 Å². The summed E-state index contributed by atoms with van der Waals surface area (Å²) in [5.41, 5.74) is 5.29. The number of hydrogen-bond donors (Lipinski definition) is 4. The van der Waals surface area contributed by atoms with Crippen LogP contribution in [0.25, 0.3) is 10.8 Å². The van der Waals surface area contributed by atoms with Gasteiger partial charge in [0.25, 0.3) is 0 Å². The van der Waals surface area contributed by atoms with Crippen LogP contribution >= 0.6 is 0 Å². The van der Waals surface area contributed by atoms with E-state index in [9.17, 15) is 0 Å². The number of hydrogen-bond acceptors (Lipinski definition) is 4. The SMILES string of the molecule is Cc1cc2ccccc2[cH-]1.NC(CO)(CO)CO.[Zr]. The summed E-state index contributed by atoms with van der Waals surface area (Å²) in [6.07, 6.45) is 0. The third kappa shape index (κ3) is 5.59. The van der Waals surface area contributed by atoms with E-state index in [1.54, 1.807) is 0 Å². The van der Waals surface area contributed by atoms with Gasteiger partial charge in [-0.3, -0.25) is 0 Å². The molecule has 2 aromatic rings. The van der Waals surface area contributed by atoms with Crippen molar-refractivity contribution in [3.63, 3.8) is 0 Å². The summed E-state index contributed by atoms with van der Waals surface area (Å²) in [6, 6.07) is 12.8. The van der Waals surface area contributed by atoms with E-state index in [2.05, 4.69) is 43.3 Å². The van der Waals surface area contributed by atoms with Gasteiger partial charge >= 0.3 is 0 Å². The number of aliphatic hydroxyl groups is 3. The molecule has 0 aliphatic rings. The van der Waals surface area contributed by atoms with E-state index in [4.69, 9.17) is 21.1 Å². The van der Waals surface area contributed by atoms with Gasteiger partial charge in [0.15, 0.2) is 0 Å². The molecule has 4 nitrogen and oxygen atoms in total. The molecular formula is C14H20NO3Zr-. The van der Waals surface area contributed by atoms with Crippen molar-refractivity contribution in [3.8, 4) is 0 Å². The van der Waals surface area contributed by atoms with Crippen molar-refractivity contribution in [1.29, 1.82) is 0 Å². The Balaban J connectivity index is 0.000000335. The second-order valence-electron chi connectivity index (χ2n) is 4.50. The zero-order valence-electron chi connectivity index (χ0n) is 11.0. The summed E-state index contributed by atoms with van der Waals surface area (Å²) < 4.78 is 0. The Bertz CT molecular complexity index is 439. The second kappa shape index (κ2) is 8.67. The van der Waals surface area contributed by atoms with Crippen LogP contribution in [0.4, 0.5) is 0 Å². The van der Waals surface area contributed by atoms with Gasteiger partial charge < -0.3 is 21.1 Å². The largest absolute Gasteiger partial charge is 0.394 e. The summed E-state index contributed by atoms with van der Waals surface area (Å²) in [7, 11) is 0. The maximum absolute atomic E-state index is 8.34. The van der Waals surface area contributed by atoms with Crippen molar-refractivity contribution < 1.29 is 41.5 Å². The monoisotopic (exact) mass is 340 g/mol. The van der Waals surface area contributed by atoms with Crippen molar-refractivity contribution in [2.45, 2.75) is 12.5 Å². The molecule has 0 radical (unpaired) electrons. The molecule has 0 unspecified atom stereocenters. The van der Waals surface area contributed by atoms with Gasteiger partial charge in [-0.15, -0.1) is 40.6 Å². The Labute approximate surface area is 132 Å². The average Bonchev–Trinajstić information content (AvgIpc) is 2.78. The Morgan fingerprint density at radius 1 is 1.11 bits per heavy atom. The van der Waals surface area contributed by atoms with Crippen LogP contribution in [-0.4, -0.2) is 40.7 Å². The van der Waals surface area contributed by atoms with Crippen molar-refractivity contribution in [2.75, 3.05) is 19.8 Å². The Morgan fingerprint density at radius 3 is 2.05 bits per heavy atom. The van der Waals surface area contributed by atoms with E-state index < -0.39 is 25.4 Å². The number of aryl methyl sites for hydroxylation is 1. The fraction of sp³-hybridized carbons (Fsp3) is 0.357. The van der Waals surface area contributed by atoms with E-state index in [0.717, 1.165) is 0 Å². The van der Waals surface area contributed by atoms with Crippen LogP contribution in [0.3, 0.4) is 0 Å². The Kier molecular flexibility index (Phi) is 8.47. The first-order chi connectivity index (χ1) is 8.54. The van der Waals surface area contributed by atoms with Gasteiger partial charge in [-0.25, -0.2) is 0 Å². The molecule has 104 valence electrons.